The number of amides is 2. The number of anilines is 1. The van der Waals surface area contributed by atoms with Crippen molar-refractivity contribution >= 4 is 40.0 Å². The zero-order valence-corrected chi connectivity index (χ0v) is 18.8. The number of thioether (sulfide) groups is 1. The molecule has 0 atom stereocenters. The van der Waals surface area contributed by atoms with E-state index in [1.54, 1.807) is 12.1 Å². The maximum absolute atomic E-state index is 13.2. The molecule has 2 heterocycles. The molecule has 32 heavy (non-hydrogen) atoms. The van der Waals surface area contributed by atoms with Gasteiger partial charge in [0.25, 0.3) is 5.91 Å². The highest BCUT2D eigenvalue weighted by Gasteiger charge is 2.21. The average molecular weight is 477 g/mol. The van der Waals surface area contributed by atoms with E-state index in [-0.39, 0.29) is 40.1 Å². The van der Waals surface area contributed by atoms with Gasteiger partial charge in [0.1, 0.15) is 5.82 Å². The van der Waals surface area contributed by atoms with Gasteiger partial charge in [-0.15, -0.1) is 10.2 Å². The molecule has 0 spiro atoms. The van der Waals surface area contributed by atoms with Crippen molar-refractivity contribution in [3.8, 4) is 11.4 Å². The van der Waals surface area contributed by atoms with E-state index >= 15 is 0 Å². The van der Waals surface area contributed by atoms with Crippen LogP contribution >= 0.6 is 23.1 Å². The highest BCUT2D eigenvalue weighted by Crippen LogP contribution is 2.27. The molecule has 9 nitrogen and oxygen atoms in total. The number of halogens is 1. The van der Waals surface area contributed by atoms with Gasteiger partial charge in [-0.3, -0.25) is 14.9 Å². The zero-order valence-electron chi connectivity index (χ0n) is 17.2. The summed E-state index contributed by atoms with van der Waals surface area (Å²) in [5.74, 6) is -0.413. The maximum atomic E-state index is 13.2. The van der Waals surface area contributed by atoms with E-state index in [1.807, 2.05) is 0 Å². The second kappa shape index (κ2) is 10.1. The van der Waals surface area contributed by atoms with Crippen molar-refractivity contribution in [2.75, 3.05) is 18.2 Å². The summed E-state index contributed by atoms with van der Waals surface area (Å²) in [7, 11) is 1.43. The van der Waals surface area contributed by atoms with Crippen molar-refractivity contribution in [2.24, 2.45) is 0 Å². The Morgan fingerprint density at radius 3 is 2.72 bits per heavy atom. The number of hydrogen-bond donors (Lipinski definition) is 2. The molecule has 0 radical (unpaired) electrons. The number of ether oxygens (including phenoxy) is 1. The van der Waals surface area contributed by atoms with Crippen molar-refractivity contribution in [1.82, 2.24) is 25.3 Å². The molecule has 2 aromatic heterocycles. The predicted molar refractivity (Wildman–Crippen MR) is 119 cm³/mol. The SMILES string of the molecule is COc1cn(-c2ccc(F)cc2)nc1C(=O)Nc1nnc(SCC(=O)NC2CCCC2)s1. The van der Waals surface area contributed by atoms with Crippen LogP contribution in [0.1, 0.15) is 36.2 Å². The van der Waals surface area contributed by atoms with E-state index in [9.17, 15) is 14.0 Å². The molecule has 0 bridgehead atoms. The monoisotopic (exact) mass is 476 g/mol. The molecule has 2 amide bonds. The lowest BCUT2D eigenvalue weighted by molar-refractivity contribution is -0.119. The van der Waals surface area contributed by atoms with Gasteiger partial charge in [0, 0.05) is 6.04 Å². The van der Waals surface area contributed by atoms with E-state index in [0.29, 0.717) is 10.0 Å². The van der Waals surface area contributed by atoms with Gasteiger partial charge in [-0.05, 0) is 37.1 Å². The smallest absolute Gasteiger partial charge is 0.281 e. The van der Waals surface area contributed by atoms with Crippen LogP contribution in [-0.2, 0) is 4.79 Å². The molecule has 168 valence electrons. The fourth-order valence-corrected chi connectivity index (χ4v) is 4.89. The van der Waals surface area contributed by atoms with Crippen LogP contribution in [0.3, 0.4) is 0 Å². The summed E-state index contributed by atoms with van der Waals surface area (Å²) in [5, 5.41) is 18.2. The van der Waals surface area contributed by atoms with Crippen LogP contribution in [0, 0.1) is 5.82 Å². The van der Waals surface area contributed by atoms with Crippen LogP contribution in [0.5, 0.6) is 5.75 Å². The highest BCUT2D eigenvalue weighted by atomic mass is 32.2. The molecule has 4 rings (SSSR count). The largest absolute Gasteiger partial charge is 0.493 e. The van der Waals surface area contributed by atoms with Crippen molar-refractivity contribution in [3.63, 3.8) is 0 Å². The maximum Gasteiger partial charge on any atom is 0.281 e. The van der Waals surface area contributed by atoms with Gasteiger partial charge in [0.15, 0.2) is 15.8 Å². The summed E-state index contributed by atoms with van der Waals surface area (Å²) in [4.78, 5) is 24.8. The molecule has 1 aliphatic rings. The average Bonchev–Trinajstić information content (AvgIpc) is 3.54. The molecular weight excluding hydrogens is 455 g/mol. The predicted octanol–water partition coefficient (Wildman–Crippen LogP) is 3.27. The molecule has 1 fully saturated rings. The number of rotatable bonds is 8. The quantitative estimate of drug-likeness (QED) is 0.379. The fourth-order valence-electron chi connectivity index (χ4n) is 3.33. The molecule has 0 saturated heterocycles. The molecule has 1 saturated carbocycles. The highest BCUT2D eigenvalue weighted by molar-refractivity contribution is 8.01. The molecule has 1 aromatic carbocycles. The van der Waals surface area contributed by atoms with Crippen LogP contribution in [-0.4, -0.2) is 50.7 Å². The number of hydrogen-bond acceptors (Lipinski definition) is 8. The summed E-state index contributed by atoms with van der Waals surface area (Å²) in [6.45, 7) is 0. The van der Waals surface area contributed by atoms with Gasteiger partial charge >= 0.3 is 0 Å². The number of methoxy groups -OCH3 is 1. The molecule has 12 heteroatoms. The van der Waals surface area contributed by atoms with Crippen molar-refractivity contribution in [3.05, 3.63) is 42.0 Å². The molecule has 0 unspecified atom stereocenters. The number of nitrogens with zero attached hydrogens (tertiary/aromatic N) is 4. The summed E-state index contributed by atoms with van der Waals surface area (Å²) in [5.41, 5.74) is 0.631. The standard InChI is InChI=1S/C20H21FN6O3S2/c1-30-15-10-27(14-8-6-12(21)7-9-14)26-17(15)18(29)23-19-24-25-20(32-19)31-11-16(28)22-13-4-2-3-5-13/h6-10,13H,2-5,11H2,1H3,(H,22,28)(H,23,24,29). The minimum absolute atomic E-state index is 0.0289. The first-order valence-electron chi connectivity index (χ1n) is 9.98. The van der Waals surface area contributed by atoms with Crippen molar-refractivity contribution in [2.45, 2.75) is 36.1 Å². The second-order valence-electron chi connectivity index (χ2n) is 7.13. The Morgan fingerprint density at radius 2 is 2.00 bits per heavy atom. The van der Waals surface area contributed by atoms with Gasteiger partial charge in [-0.25, -0.2) is 9.07 Å². The Bertz CT molecular complexity index is 1100. The first kappa shape index (κ1) is 22.2. The Morgan fingerprint density at radius 1 is 1.25 bits per heavy atom. The first-order valence-corrected chi connectivity index (χ1v) is 11.8. The Kier molecular flexibility index (Phi) is 7.00. The van der Waals surface area contributed by atoms with Crippen LogP contribution in [0.25, 0.3) is 5.69 Å². The van der Waals surface area contributed by atoms with E-state index in [2.05, 4.69) is 25.9 Å². The van der Waals surface area contributed by atoms with E-state index < -0.39 is 5.91 Å². The summed E-state index contributed by atoms with van der Waals surface area (Å²) >= 11 is 2.44. The van der Waals surface area contributed by atoms with Crippen molar-refractivity contribution < 1.29 is 18.7 Å². The van der Waals surface area contributed by atoms with E-state index in [1.165, 1.54) is 53.2 Å². The number of carbonyl (C=O) groups excluding carboxylic acids is 2. The van der Waals surface area contributed by atoms with Crippen molar-refractivity contribution in [1.29, 1.82) is 0 Å². The van der Waals surface area contributed by atoms with Crippen LogP contribution in [0.4, 0.5) is 9.52 Å². The molecule has 0 aliphatic heterocycles. The normalized spacial score (nSPS) is 13.8. The minimum atomic E-state index is -0.519. The Labute approximate surface area is 191 Å². The second-order valence-corrected chi connectivity index (χ2v) is 9.33. The van der Waals surface area contributed by atoms with Gasteiger partial charge in [-0.2, -0.15) is 5.10 Å². The van der Waals surface area contributed by atoms with E-state index in [0.717, 1.165) is 25.7 Å². The van der Waals surface area contributed by atoms with Gasteiger partial charge < -0.3 is 10.1 Å². The topological polar surface area (TPSA) is 111 Å². The lowest BCUT2D eigenvalue weighted by Gasteiger charge is -2.10. The van der Waals surface area contributed by atoms with Gasteiger partial charge in [0.05, 0.1) is 24.7 Å². The number of aromatic nitrogens is 4. The van der Waals surface area contributed by atoms with E-state index in [4.69, 9.17) is 4.74 Å². The number of carbonyl (C=O) groups is 2. The molecule has 2 N–H and O–H groups in total. The Balaban J connectivity index is 1.36. The summed E-state index contributed by atoms with van der Waals surface area (Å²) < 4.78 is 20.4. The lowest BCUT2D eigenvalue weighted by Crippen LogP contribution is -2.33. The minimum Gasteiger partial charge on any atom is -0.493 e. The van der Waals surface area contributed by atoms with Crippen LogP contribution in [0.2, 0.25) is 0 Å². The summed E-state index contributed by atoms with van der Waals surface area (Å²) in [6.07, 6.45) is 5.92. The summed E-state index contributed by atoms with van der Waals surface area (Å²) in [6, 6.07) is 5.97. The van der Waals surface area contributed by atoms with Gasteiger partial charge in [0.2, 0.25) is 11.0 Å². The molecule has 1 aliphatic carbocycles. The van der Waals surface area contributed by atoms with Crippen LogP contribution in [0.15, 0.2) is 34.8 Å². The van der Waals surface area contributed by atoms with Crippen LogP contribution < -0.4 is 15.4 Å². The molecular formula is C20H21FN6O3S2. The lowest BCUT2D eigenvalue weighted by atomic mass is 10.2. The van der Waals surface area contributed by atoms with Gasteiger partial charge in [-0.1, -0.05) is 35.9 Å². The third kappa shape index (κ3) is 5.43. The zero-order chi connectivity index (χ0) is 22.5. The third-order valence-corrected chi connectivity index (χ3v) is 6.85. The fraction of sp³-hybridized carbons (Fsp3) is 0.350. The number of nitrogens with one attached hydrogen (secondary N) is 2. The molecule has 3 aromatic rings. The first-order chi connectivity index (χ1) is 15.5. The Hall–Kier alpha value is -2.99. The third-order valence-electron chi connectivity index (χ3n) is 4.88. The number of benzene rings is 1.